The van der Waals surface area contributed by atoms with Crippen LogP contribution in [0.3, 0.4) is 0 Å². The summed E-state index contributed by atoms with van der Waals surface area (Å²) < 4.78 is 26.6. The molecule has 172 valence electrons. The van der Waals surface area contributed by atoms with Crippen molar-refractivity contribution in [2.24, 2.45) is 17.6 Å². The highest BCUT2D eigenvalue weighted by Gasteiger charge is 2.44. The molecule has 0 amide bonds. The molecule has 31 heavy (non-hydrogen) atoms. The lowest BCUT2D eigenvalue weighted by Crippen LogP contribution is -2.35. The lowest BCUT2D eigenvalue weighted by Gasteiger charge is -2.34. The van der Waals surface area contributed by atoms with E-state index < -0.39 is 5.92 Å². The number of nitrogens with two attached hydrogens (primary N) is 1. The predicted octanol–water partition coefficient (Wildman–Crippen LogP) is 8.60. The van der Waals surface area contributed by atoms with Crippen LogP contribution in [0.15, 0.2) is 82.7 Å². The van der Waals surface area contributed by atoms with Gasteiger partial charge in [0.25, 0.3) is 0 Å². The van der Waals surface area contributed by atoms with Crippen LogP contribution < -0.4 is 5.73 Å². The van der Waals surface area contributed by atoms with Crippen molar-refractivity contribution in [1.82, 2.24) is 0 Å². The molecular weight excluding hydrogens is 388 g/mol. The Hall–Kier alpha value is -2.16. The molecule has 0 aromatic heterocycles. The van der Waals surface area contributed by atoms with Gasteiger partial charge in [0, 0.05) is 18.5 Å². The number of hydrogen-bond acceptors (Lipinski definition) is 1. The molecule has 0 bridgehead atoms. The molecule has 1 aliphatic rings. The van der Waals surface area contributed by atoms with Crippen LogP contribution in [0.4, 0.5) is 8.78 Å². The fourth-order valence-electron chi connectivity index (χ4n) is 4.28. The molecule has 0 aliphatic heterocycles. The van der Waals surface area contributed by atoms with Gasteiger partial charge in [-0.15, -0.1) is 0 Å². The van der Waals surface area contributed by atoms with E-state index >= 15 is 0 Å². The SMILES string of the molecule is C=CC(=C\C)/C(=C/CC1CC(F)(F)C1)C(=C(N)/C=C(C=C)/C(CC)=C(\C)CC)/C(C)C. The van der Waals surface area contributed by atoms with Crippen LogP contribution in [-0.4, -0.2) is 5.92 Å². The Morgan fingerprint density at radius 2 is 1.68 bits per heavy atom. The van der Waals surface area contributed by atoms with Crippen LogP contribution >= 0.6 is 0 Å². The minimum atomic E-state index is -2.50. The molecule has 0 aromatic rings. The summed E-state index contributed by atoms with van der Waals surface area (Å²) in [5.74, 6) is -2.32. The summed E-state index contributed by atoms with van der Waals surface area (Å²) in [7, 11) is 0. The van der Waals surface area contributed by atoms with Crippen LogP contribution in [0.25, 0.3) is 0 Å². The van der Waals surface area contributed by atoms with Gasteiger partial charge in [-0.05, 0) is 78.9 Å². The van der Waals surface area contributed by atoms with Crippen LogP contribution in [-0.2, 0) is 0 Å². The van der Waals surface area contributed by atoms with Crippen molar-refractivity contribution in [3.63, 3.8) is 0 Å². The fraction of sp³-hybridized carbons (Fsp3) is 0.500. The Bertz CT molecular complexity index is 808. The van der Waals surface area contributed by atoms with Gasteiger partial charge in [-0.1, -0.05) is 70.7 Å². The summed E-state index contributed by atoms with van der Waals surface area (Å²) in [5.41, 5.74) is 14.0. The zero-order chi connectivity index (χ0) is 23.8. The first-order chi connectivity index (χ1) is 14.5. The first kappa shape index (κ1) is 26.9. The minimum Gasteiger partial charge on any atom is -0.398 e. The third-order valence-corrected chi connectivity index (χ3v) is 6.13. The van der Waals surface area contributed by atoms with Crippen molar-refractivity contribution < 1.29 is 8.78 Å². The van der Waals surface area contributed by atoms with Gasteiger partial charge >= 0.3 is 0 Å². The van der Waals surface area contributed by atoms with E-state index in [9.17, 15) is 8.78 Å². The number of halogens is 2. The molecule has 1 saturated carbocycles. The Morgan fingerprint density at radius 3 is 2.06 bits per heavy atom. The topological polar surface area (TPSA) is 26.0 Å². The lowest BCUT2D eigenvalue weighted by molar-refractivity contribution is -0.109. The minimum absolute atomic E-state index is 0.0173. The second-order valence-electron chi connectivity index (χ2n) is 8.73. The number of alkyl halides is 2. The van der Waals surface area contributed by atoms with Crippen LogP contribution in [0.1, 0.15) is 73.6 Å². The Morgan fingerprint density at radius 1 is 1.10 bits per heavy atom. The van der Waals surface area contributed by atoms with Crippen LogP contribution in [0.2, 0.25) is 0 Å². The standard InChI is InChI=1S/C28H41F2N/c1-9-20(8)24(13-5)23(12-4)16-26(31)27(19(6)7)25(22(10-2)11-3)15-14-21-17-28(29,30)18-21/h10-12,15-16,19,21H,2,4,9,13-14,17-18,31H2,1,3,5-8H3/b22-11+,23-16+,24-20+,25-15-,27-26-. The molecule has 1 nitrogen and oxygen atoms in total. The summed E-state index contributed by atoms with van der Waals surface area (Å²) in [5, 5.41) is 0. The number of hydrogen-bond donors (Lipinski definition) is 1. The molecule has 1 rings (SSSR count). The van der Waals surface area contributed by atoms with E-state index in [-0.39, 0.29) is 24.7 Å². The maximum Gasteiger partial charge on any atom is 0.248 e. The van der Waals surface area contributed by atoms with Gasteiger partial charge in [0.2, 0.25) is 5.92 Å². The summed E-state index contributed by atoms with van der Waals surface area (Å²) in [6.07, 6.45) is 12.2. The van der Waals surface area contributed by atoms with Gasteiger partial charge in [0.1, 0.15) is 0 Å². The van der Waals surface area contributed by atoms with Gasteiger partial charge in [0.05, 0.1) is 0 Å². The van der Waals surface area contributed by atoms with Crippen molar-refractivity contribution in [1.29, 1.82) is 0 Å². The quantitative estimate of drug-likeness (QED) is 0.327. The van der Waals surface area contributed by atoms with Crippen molar-refractivity contribution in [3.8, 4) is 0 Å². The highest BCUT2D eigenvalue weighted by Crippen LogP contribution is 2.45. The van der Waals surface area contributed by atoms with E-state index in [0.717, 1.165) is 35.1 Å². The van der Waals surface area contributed by atoms with Gasteiger partial charge in [-0.3, -0.25) is 0 Å². The van der Waals surface area contributed by atoms with E-state index in [1.165, 1.54) is 11.1 Å². The molecule has 0 spiro atoms. The first-order valence-electron chi connectivity index (χ1n) is 11.4. The Balaban J connectivity index is 3.56. The van der Waals surface area contributed by atoms with Gasteiger partial charge in [0.15, 0.2) is 0 Å². The first-order valence-corrected chi connectivity index (χ1v) is 11.4. The molecule has 1 aliphatic carbocycles. The molecule has 0 saturated heterocycles. The fourth-order valence-corrected chi connectivity index (χ4v) is 4.28. The molecule has 2 N–H and O–H groups in total. The maximum absolute atomic E-state index is 13.3. The van der Waals surface area contributed by atoms with Gasteiger partial charge < -0.3 is 5.73 Å². The van der Waals surface area contributed by atoms with E-state index in [2.05, 4.69) is 53.9 Å². The highest BCUT2D eigenvalue weighted by atomic mass is 19.3. The van der Waals surface area contributed by atoms with Gasteiger partial charge in [-0.25, -0.2) is 8.78 Å². The summed E-state index contributed by atoms with van der Waals surface area (Å²) in [6.45, 7) is 20.6. The van der Waals surface area contributed by atoms with E-state index in [4.69, 9.17) is 5.73 Å². The smallest absolute Gasteiger partial charge is 0.248 e. The third kappa shape index (κ3) is 7.19. The summed E-state index contributed by atoms with van der Waals surface area (Å²) >= 11 is 0. The molecular formula is C28H41F2N. The number of allylic oxidation sites excluding steroid dienone is 11. The normalized spacial score (nSPS) is 19.6. The molecule has 0 atom stereocenters. The summed E-state index contributed by atoms with van der Waals surface area (Å²) in [6, 6.07) is 0. The zero-order valence-corrected chi connectivity index (χ0v) is 20.3. The van der Waals surface area contributed by atoms with Crippen LogP contribution in [0, 0.1) is 11.8 Å². The molecule has 0 heterocycles. The van der Waals surface area contributed by atoms with Crippen molar-refractivity contribution in [2.75, 3.05) is 0 Å². The maximum atomic E-state index is 13.3. The lowest BCUT2D eigenvalue weighted by atomic mass is 9.77. The van der Waals surface area contributed by atoms with E-state index in [1.807, 2.05) is 31.2 Å². The predicted molar refractivity (Wildman–Crippen MR) is 132 cm³/mol. The second kappa shape index (κ2) is 12.0. The monoisotopic (exact) mass is 429 g/mol. The third-order valence-electron chi connectivity index (χ3n) is 6.13. The van der Waals surface area contributed by atoms with Crippen molar-refractivity contribution in [2.45, 2.75) is 79.6 Å². The molecule has 0 radical (unpaired) electrons. The van der Waals surface area contributed by atoms with E-state index in [0.29, 0.717) is 12.1 Å². The molecule has 3 heteroatoms. The van der Waals surface area contributed by atoms with Gasteiger partial charge in [-0.2, -0.15) is 0 Å². The number of rotatable bonds is 11. The van der Waals surface area contributed by atoms with Crippen molar-refractivity contribution >= 4 is 0 Å². The Labute approximate surface area is 188 Å². The average Bonchev–Trinajstić information content (AvgIpc) is 2.70. The van der Waals surface area contributed by atoms with E-state index in [1.54, 1.807) is 0 Å². The average molecular weight is 430 g/mol. The largest absolute Gasteiger partial charge is 0.398 e. The molecule has 0 unspecified atom stereocenters. The molecule has 0 aromatic carbocycles. The highest BCUT2D eigenvalue weighted by molar-refractivity contribution is 5.56. The zero-order valence-electron chi connectivity index (χ0n) is 20.3. The Kier molecular flexibility index (Phi) is 10.4. The second-order valence-corrected chi connectivity index (χ2v) is 8.73. The van der Waals surface area contributed by atoms with Crippen LogP contribution in [0.5, 0.6) is 0 Å². The molecule has 1 fully saturated rings. The summed E-state index contributed by atoms with van der Waals surface area (Å²) in [4.78, 5) is 0. The van der Waals surface area contributed by atoms with Crippen molar-refractivity contribution in [3.05, 3.63) is 82.7 Å².